The molecule has 154 valence electrons. The minimum absolute atomic E-state index is 0.111. The van der Waals surface area contributed by atoms with Crippen molar-refractivity contribution in [2.24, 2.45) is 5.92 Å². The first-order valence-electron chi connectivity index (χ1n) is 9.62. The summed E-state index contributed by atoms with van der Waals surface area (Å²) in [5.74, 6) is -1.04. The minimum Gasteiger partial charge on any atom is -0.469 e. The zero-order valence-corrected chi connectivity index (χ0v) is 17.1. The zero-order chi connectivity index (χ0) is 20.7. The lowest BCUT2D eigenvalue weighted by Crippen LogP contribution is -2.63. The largest absolute Gasteiger partial charge is 0.469 e. The molecule has 1 aliphatic rings. The summed E-state index contributed by atoms with van der Waals surface area (Å²) in [7, 11) is 2.73. The van der Waals surface area contributed by atoms with Gasteiger partial charge in [-0.3, -0.25) is 14.5 Å². The van der Waals surface area contributed by atoms with Crippen molar-refractivity contribution in [1.29, 1.82) is 0 Å². The molecule has 1 aliphatic heterocycles. The summed E-state index contributed by atoms with van der Waals surface area (Å²) in [6, 6.07) is 9.27. The molecule has 0 atom stereocenters. The Morgan fingerprint density at radius 3 is 2.18 bits per heavy atom. The monoisotopic (exact) mass is 390 g/mol. The van der Waals surface area contributed by atoms with E-state index in [4.69, 9.17) is 9.47 Å². The summed E-state index contributed by atoms with van der Waals surface area (Å²) in [4.78, 5) is 41.2. The van der Waals surface area contributed by atoms with Gasteiger partial charge in [-0.05, 0) is 25.0 Å². The number of methoxy groups -OCH3 is 2. The van der Waals surface area contributed by atoms with Crippen molar-refractivity contribution >= 4 is 23.5 Å². The molecule has 1 heterocycles. The molecule has 1 saturated heterocycles. The second-order valence-electron chi connectivity index (χ2n) is 7.35. The van der Waals surface area contributed by atoms with Crippen molar-refractivity contribution in [3.8, 4) is 0 Å². The van der Waals surface area contributed by atoms with E-state index < -0.39 is 11.5 Å². The number of ether oxygens (including phenoxy) is 2. The van der Waals surface area contributed by atoms with Gasteiger partial charge in [0.1, 0.15) is 5.54 Å². The summed E-state index contributed by atoms with van der Waals surface area (Å²) in [6.45, 7) is 5.39. The van der Waals surface area contributed by atoms with E-state index in [1.807, 2.05) is 44.2 Å². The van der Waals surface area contributed by atoms with Crippen LogP contribution in [-0.2, 0) is 23.9 Å². The highest BCUT2D eigenvalue weighted by molar-refractivity contribution is 6.03. The highest BCUT2D eigenvalue weighted by Gasteiger charge is 2.50. The van der Waals surface area contributed by atoms with Crippen molar-refractivity contribution in [2.75, 3.05) is 38.8 Å². The molecule has 0 radical (unpaired) electrons. The summed E-state index contributed by atoms with van der Waals surface area (Å²) < 4.78 is 9.85. The highest BCUT2D eigenvalue weighted by atomic mass is 16.5. The minimum atomic E-state index is -1.06. The van der Waals surface area contributed by atoms with Crippen LogP contribution in [0.1, 0.15) is 33.1 Å². The number of piperidine rings is 1. The number of amides is 1. The number of esters is 2. The number of para-hydroxylation sites is 1. The molecule has 0 saturated carbocycles. The molecule has 28 heavy (non-hydrogen) atoms. The van der Waals surface area contributed by atoms with Crippen molar-refractivity contribution in [1.82, 2.24) is 4.90 Å². The van der Waals surface area contributed by atoms with E-state index in [9.17, 15) is 14.4 Å². The van der Waals surface area contributed by atoms with Crippen LogP contribution >= 0.6 is 0 Å². The van der Waals surface area contributed by atoms with Gasteiger partial charge in [0.2, 0.25) is 5.91 Å². The standard InChI is InChI=1S/C21H30N2O5/c1-16(2)19(25)23(17-8-6-5-7-9-17)21(20(26)28-4)11-14-22(15-12-21)13-10-18(24)27-3/h5-9,16H,10-15H2,1-4H3. The van der Waals surface area contributed by atoms with Gasteiger partial charge in [-0.1, -0.05) is 32.0 Å². The van der Waals surface area contributed by atoms with E-state index in [-0.39, 0.29) is 17.8 Å². The predicted molar refractivity (Wildman–Crippen MR) is 106 cm³/mol. The van der Waals surface area contributed by atoms with E-state index in [0.717, 1.165) is 0 Å². The molecule has 2 rings (SSSR count). The maximum absolute atomic E-state index is 13.1. The van der Waals surface area contributed by atoms with E-state index in [1.165, 1.54) is 14.2 Å². The van der Waals surface area contributed by atoms with Crippen molar-refractivity contribution in [3.63, 3.8) is 0 Å². The van der Waals surface area contributed by atoms with Crippen LogP contribution in [0.5, 0.6) is 0 Å². The van der Waals surface area contributed by atoms with Crippen LogP contribution in [0.25, 0.3) is 0 Å². The molecule has 1 fully saturated rings. The molecule has 7 heteroatoms. The Hall–Kier alpha value is -2.41. The average molecular weight is 390 g/mol. The number of likely N-dealkylation sites (tertiary alicyclic amines) is 1. The topological polar surface area (TPSA) is 76.2 Å². The average Bonchev–Trinajstić information content (AvgIpc) is 2.72. The fourth-order valence-corrected chi connectivity index (χ4v) is 3.63. The smallest absolute Gasteiger partial charge is 0.332 e. The predicted octanol–water partition coefficient (Wildman–Crippen LogP) is 2.25. The fraction of sp³-hybridized carbons (Fsp3) is 0.571. The summed E-state index contributed by atoms with van der Waals surface area (Å²) in [6.07, 6.45) is 1.18. The summed E-state index contributed by atoms with van der Waals surface area (Å²) in [5, 5.41) is 0. The molecular weight excluding hydrogens is 360 g/mol. The van der Waals surface area contributed by atoms with Crippen LogP contribution in [0.15, 0.2) is 30.3 Å². The molecule has 0 bridgehead atoms. The Kier molecular flexibility index (Phi) is 7.57. The first kappa shape index (κ1) is 21.9. The van der Waals surface area contributed by atoms with Crippen molar-refractivity contribution in [2.45, 2.75) is 38.6 Å². The van der Waals surface area contributed by atoms with Gasteiger partial charge in [0.05, 0.1) is 20.6 Å². The Labute approximate surface area is 166 Å². The SMILES string of the molecule is COC(=O)CCN1CCC(C(=O)OC)(N(C(=O)C(C)C)c2ccccc2)CC1. The van der Waals surface area contributed by atoms with E-state index in [1.54, 1.807) is 4.90 Å². The van der Waals surface area contributed by atoms with Gasteiger partial charge in [0, 0.05) is 31.2 Å². The van der Waals surface area contributed by atoms with Gasteiger partial charge in [0.15, 0.2) is 0 Å². The van der Waals surface area contributed by atoms with Crippen LogP contribution in [0.3, 0.4) is 0 Å². The summed E-state index contributed by atoms with van der Waals surface area (Å²) in [5.41, 5.74) is -0.367. The maximum Gasteiger partial charge on any atom is 0.332 e. The molecular formula is C21H30N2O5. The molecule has 0 N–H and O–H groups in total. The Morgan fingerprint density at radius 2 is 1.68 bits per heavy atom. The Balaban J connectivity index is 2.31. The normalized spacial score (nSPS) is 16.5. The first-order chi connectivity index (χ1) is 13.4. The Bertz CT molecular complexity index is 681. The van der Waals surface area contributed by atoms with Crippen LogP contribution in [0.4, 0.5) is 5.69 Å². The zero-order valence-electron chi connectivity index (χ0n) is 17.1. The second kappa shape index (κ2) is 9.68. The third-order valence-corrected chi connectivity index (χ3v) is 5.27. The van der Waals surface area contributed by atoms with Crippen LogP contribution < -0.4 is 4.90 Å². The fourth-order valence-electron chi connectivity index (χ4n) is 3.63. The number of nitrogens with zero attached hydrogens (tertiary/aromatic N) is 2. The van der Waals surface area contributed by atoms with E-state index in [0.29, 0.717) is 44.6 Å². The van der Waals surface area contributed by atoms with Crippen molar-refractivity contribution in [3.05, 3.63) is 30.3 Å². The van der Waals surface area contributed by atoms with Gasteiger partial charge < -0.3 is 14.4 Å². The number of hydrogen-bond donors (Lipinski definition) is 0. The van der Waals surface area contributed by atoms with Gasteiger partial charge in [-0.25, -0.2) is 4.79 Å². The molecule has 7 nitrogen and oxygen atoms in total. The lowest BCUT2D eigenvalue weighted by atomic mass is 9.84. The number of hydrogen-bond acceptors (Lipinski definition) is 6. The molecule has 0 unspecified atom stereocenters. The van der Waals surface area contributed by atoms with Crippen LogP contribution in [-0.4, -0.2) is 62.1 Å². The van der Waals surface area contributed by atoms with Gasteiger partial charge in [-0.2, -0.15) is 0 Å². The van der Waals surface area contributed by atoms with Gasteiger partial charge in [-0.15, -0.1) is 0 Å². The number of anilines is 1. The number of benzene rings is 1. The number of carbonyl (C=O) groups excluding carboxylic acids is 3. The van der Waals surface area contributed by atoms with Gasteiger partial charge >= 0.3 is 11.9 Å². The molecule has 0 aliphatic carbocycles. The molecule has 0 spiro atoms. The number of carbonyl (C=O) groups is 3. The molecule has 1 amide bonds. The third-order valence-electron chi connectivity index (χ3n) is 5.27. The third kappa shape index (κ3) is 4.70. The lowest BCUT2D eigenvalue weighted by Gasteiger charge is -2.47. The van der Waals surface area contributed by atoms with E-state index in [2.05, 4.69) is 4.90 Å². The van der Waals surface area contributed by atoms with E-state index >= 15 is 0 Å². The maximum atomic E-state index is 13.1. The highest BCUT2D eigenvalue weighted by Crippen LogP contribution is 2.36. The molecule has 1 aromatic rings. The molecule has 1 aromatic carbocycles. The summed E-state index contributed by atoms with van der Waals surface area (Å²) >= 11 is 0. The molecule has 0 aromatic heterocycles. The lowest BCUT2D eigenvalue weighted by molar-refractivity contribution is -0.151. The number of rotatable bonds is 7. The quantitative estimate of drug-likeness (QED) is 0.665. The van der Waals surface area contributed by atoms with Crippen molar-refractivity contribution < 1.29 is 23.9 Å². The second-order valence-corrected chi connectivity index (χ2v) is 7.35. The van der Waals surface area contributed by atoms with Gasteiger partial charge in [0.25, 0.3) is 0 Å². The van der Waals surface area contributed by atoms with Crippen LogP contribution in [0, 0.1) is 5.92 Å². The van der Waals surface area contributed by atoms with Crippen LogP contribution in [0.2, 0.25) is 0 Å². The first-order valence-corrected chi connectivity index (χ1v) is 9.62. The Morgan fingerprint density at radius 1 is 1.07 bits per heavy atom.